The Balaban J connectivity index is 2.33. The Kier molecular flexibility index (Phi) is 1.95. The highest BCUT2D eigenvalue weighted by Gasteiger charge is 2.10. The minimum absolute atomic E-state index is 0.0937. The average Bonchev–Trinajstić information content (AvgIpc) is 2.06. The molecule has 2 aliphatic rings. The fourth-order valence-corrected chi connectivity index (χ4v) is 1.22. The molecule has 1 atom stereocenters. The molecule has 0 bridgehead atoms. The van der Waals surface area contributed by atoms with Gasteiger partial charge in [0.05, 0.1) is 6.26 Å². The Morgan fingerprint density at radius 1 is 1.00 bits per heavy atom. The molecule has 0 radical (unpaired) electrons. The maximum atomic E-state index is 5.40. The van der Waals surface area contributed by atoms with Gasteiger partial charge in [-0.3, -0.25) is 0 Å². The molecule has 0 saturated carbocycles. The van der Waals surface area contributed by atoms with Crippen LogP contribution in [0.15, 0.2) is 60.4 Å². The molecule has 0 saturated heterocycles. The average molecular weight is 158 g/mol. The molecule has 0 N–H and O–H groups in total. The van der Waals surface area contributed by atoms with Crippen molar-refractivity contribution in [1.29, 1.82) is 0 Å². The van der Waals surface area contributed by atoms with Crippen LogP contribution in [0.25, 0.3) is 0 Å². The first kappa shape index (κ1) is 7.17. The first-order valence-electron chi connectivity index (χ1n) is 4.00. The summed E-state index contributed by atoms with van der Waals surface area (Å²) in [7, 11) is 0. The van der Waals surface area contributed by atoms with E-state index in [2.05, 4.69) is 12.2 Å². The van der Waals surface area contributed by atoms with Gasteiger partial charge in [-0.2, -0.15) is 0 Å². The van der Waals surface area contributed by atoms with E-state index in [-0.39, 0.29) is 6.10 Å². The fraction of sp³-hybridized carbons (Fsp3) is 0.0909. The largest absolute Gasteiger partial charge is 0.489 e. The highest BCUT2D eigenvalue weighted by molar-refractivity contribution is 5.37. The van der Waals surface area contributed by atoms with Crippen molar-refractivity contribution in [3.63, 3.8) is 0 Å². The monoisotopic (exact) mass is 158 g/mol. The number of allylic oxidation sites excluding steroid dienone is 6. The van der Waals surface area contributed by atoms with Crippen molar-refractivity contribution in [3.8, 4) is 0 Å². The molecule has 60 valence electrons. The lowest BCUT2D eigenvalue weighted by Gasteiger charge is -2.17. The minimum atomic E-state index is 0.0937. The lowest BCUT2D eigenvalue weighted by atomic mass is 10.1. The van der Waals surface area contributed by atoms with Crippen molar-refractivity contribution in [2.75, 3.05) is 0 Å². The Morgan fingerprint density at radius 3 is 2.92 bits per heavy atom. The van der Waals surface area contributed by atoms with Gasteiger partial charge in [0.25, 0.3) is 0 Å². The summed E-state index contributed by atoms with van der Waals surface area (Å²) in [4.78, 5) is 0. The van der Waals surface area contributed by atoms with Crippen LogP contribution >= 0.6 is 0 Å². The smallest absolute Gasteiger partial charge is 0.141 e. The molecule has 12 heavy (non-hydrogen) atoms. The van der Waals surface area contributed by atoms with Crippen LogP contribution in [0.3, 0.4) is 0 Å². The Labute approximate surface area is 72.0 Å². The summed E-state index contributed by atoms with van der Waals surface area (Å²) in [5.74, 6) is 0. The Hall–Kier alpha value is -1.50. The molecule has 0 aromatic heterocycles. The molecule has 0 aromatic carbocycles. The van der Waals surface area contributed by atoms with Crippen LogP contribution in [0.5, 0.6) is 0 Å². The van der Waals surface area contributed by atoms with Crippen LogP contribution in [-0.4, -0.2) is 6.10 Å². The molecule has 1 heteroatoms. The number of fused-ring (bicyclic) bond motifs is 1. The highest BCUT2D eigenvalue weighted by atomic mass is 16.5. The van der Waals surface area contributed by atoms with E-state index >= 15 is 0 Å². The first-order valence-corrected chi connectivity index (χ1v) is 4.00. The third-order valence-electron chi connectivity index (χ3n) is 1.83. The van der Waals surface area contributed by atoms with E-state index in [0.717, 1.165) is 0 Å². The highest BCUT2D eigenvalue weighted by Crippen LogP contribution is 2.16. The molecule has 1 heterocycles. The maximum Gasteiger partial charge on any atom is 0.141 e. The van der Waals surface area contributed by atoms with Gasteiger partial charge in [-0.15, -0.1) is 0 Å². The van der Waals surface area contributed by atoms with Crippen molar-refractivity contribution in [2.45, 2.75) is 6.10 Å². The lowest BCUT2D eigenvalue weighted by Crippen LogP contribution is -2.11. The molecule has 1 nitrogen and oxygen atoms in total. The predicted molar refractivity (Wildman–Crippen MR) is 49.5 cm³/mol. The quantitative estimate of drug-likeness (QED) is 0.526. The van der Waals surface area contributed by atoms with Gasteiger partial charge in [0.15, 0.2) is 0 Å². The third-order valence-corrected chi connectivity index (χ3v) is 1.83. The summed E-state index contributed by atoms with van der Waals surface area (Å²) in [5.41, 5.74) is 1.19. The van der Waals surface area contributed by atoms with Crippen molar-refractivity contribution >= 4 is 0 Å². The topological polar surface area (TPSA) is 9.23 Å². The summed E-state index contributed by atoms with van der Waals surface area (Å²) in [6.45, 7) is 0. The van der Waals surface area contributed by atoms with Crippen LogP contribution in [0.4, 0.5) is 0 Å². The van der Waals surface area contributed by atoms with Crippen molar-refractivity contribution in [1.82, 2.24) is 0 Å². The molecule has 0 spiro atoms. The van der Waals surface area contributed by atoms with Gasteiger partial charge in [0.2, 0.25) is 0 Å². The number of hydrogen-bond acceptors (Lipinski definition) is 1. The lowest BCUT2D eigenvalue weighted by molar-refractivity contribution is 0.216. The van der Waals surface area contributed by atoms with Gasteiger partial charge in [-0.1, -0.05) is 36.5 Å². The van der Waals surface area contributed by atoms with Crippen molar-refractivity contribution < 1.29 is 4.74 Å². The molecular weight excluding hydrogens is 148 g/mol. The van der Waals surface area contributed by atoms with E-state index in [1.165, 1.54) is 5.57 Å². The molecule has 1 unspecified atom stereocenters. The second-order valence-corrected chi connectivity index (χ2v) is 2.68. The van der Waals surface area contributed by atoms with E-state index in [1.54, 1.807) is 6.26 Å². The van der Waals surface area contributed by atoms with E-state index in [9.17, 15) is 0 Å². The standard InChI is InChI=1S/C11H10O/c1-2-4-8-11-10(6-3-1)7-5-9-12-11/h1-9,11H. The summed E-state index contributed by atoms with van der Waals surface area (Å²) >= 11 is 0. The molecule has 0 amide bonds. The van der Waals surface area contributed by atoms with Crippen LogP contribution in [-0.2, 0) is 4.74 Å². The second kappa shape index (κ2) is 3.26. The van der Waals surface area contributed by atoms with Gasteiger partial charge in [0.1, 0.15) is 6.10 Å². The fourth-order valence-electron chi connectivity index (χ4n) is 1.22. The molecule has 0 fully saturated rings. The molecule has 1 aliphatic heterocycles. The first-order chi connectivity index (χ1) is 5.97. The summed E-state index contributed by atoms with van der Waals surface area (Å²) in [6, 6.07) is 0. The SMILES string of the molecule is C1=CC=CC2OC=CC=C2C=C1. The number of ether oxygens (including phenoxy) is 1. The van der Waals surface area contributed by atoms with E-state index in [1.807, 2.05) is 36.5 Å². The van der Waals surface area contributed by atoms with Gasteiger partial charge in [-0.25, -0.2) is 0 Å². The van der Waals surface area contributed by atoms with E-state index in [4.69, 9.17) is 4.74 Å². The second-order valence-electron chi connectivity index (χ2n) is 2.68. The molecular formula is C11H10O. The summed E-state index contributed by atoms with van der Waals surface area (Å²) in [5, 5.41) is 0. The Bertz CT molecular complexity index is 303. The number of rotatable bonds is 0. The molecule has 1 aliphatic carbocycles. The zero-order chi connectivity index (χ0) is 8.23. The van der Waals surface area contributed by atoms with Crippen molar-refractivity contribution in [3.05, 3.63) is 60.4 Å². The normalized spacial score (nSPS) is 25.3. The van der Waals surface area contributed by atoms with Crippen LogP contribution in [0.2, 0.25) is 0 Å². The zero-order valence-electron chi connectivity index (χ0n) is 6.68. The van der Waals surface area contributed by atoms with E-state index < -0.39 is 0 Å². The molecule has 2 rings (SSSR count). The van der Waals surface area contributed by atoms with Crippen molar-refractivity contribution in [2.24, 2.45) is 0 Å². The minimum Gasteiger partial charge on any atom is -0.489 e. The van der Waals surface area contributed by atoms with Gasteiger partial charge in [0, 0.05) is 0 Å². The maximum absolute atomic E-state index is 5.40. The third kappa shape index (κ3) is 1.40. The Morgan fingerprint density at radius 2 is 1.92 bits per heavy atom. The number of hydrogen-bond donors (Lipinski definition) is 0. The van der Waals surface area contributed by atoms with Crippen LogP contribution in [0.1, 0.15) is 0 Å². The van der Waals surface area contributed by atoms with Gasteiger partial charge < -0.3 is 4.74 Å². The molecule has 0 aromatic rings. The van der Waals surface area contributed by atoms with Crippen LogP contribution in [0, 0.1) is 0 Å². The summed E-state index contributed by atoms with van der Waals surface area (Å²) in [6.07, 6.45) is 17.9. The van der Waals surface area contributed by atoms with Crippen LogP contribution < -0.4 is 0 Å². The summed E-state index contributed by atoms with van der Waals surface area (Å²) < 4.78 is 5.40. The van der Waals surface area contributed by atoms with Gasteiger partial charge in [-0.05, 0) is 17.7 Å². The zero-order valence-corrected chi connectivity index (χ0v) is 6.68. The predicted octanol–water partition coefficient (Wildman–Crippen LogP) is 2.51. The van der Waals surface area contributed by atoms with Gasteiger partial charge >= 0.3 is 0 Å². The van der Waals surface area contributed by atoms with E-state index in [0.29, 0.717) is 0 Å².